The Balaban J connectivity index is 1.98. The Bertz CT molecular complexity index is 791. The number of piperidine rings is 1. The number of benzene rings is 1. The highest BCUT2D eigenvalue weighted by Gasteiger charge is 2.31. The van der Waals surface area contributed by atoms with Gasteiger partial charge in [0.2, 0.25) is 5.11 Å². The number of alkyl halides is 3. The number of hydrogen-bond donors (Lipinski definition) is 2. The maximum absolute atomic E-state index is 13.9. The van der Waals surface area contributed by atoms with Crippen molar-refractivity contribution in [3.8, 4) is 0 Å². The molecule has 1 aliphatic heterocycles. The molecular weight excluding hydrogens is 384 g/mol. The average Bonchev–Trinajstić information content (AvgIpc) is 2.55. The topological polar surface area (TPSA) is 70.7 Å². The first kappa shape index (κ1) is 20.8. The van der Waals surface area contributed by atoms with Crippen LogP contribution in [0.3, 0.4) is 0 Å². The van der Waals surface area contributed by atoms with Crippen LogP contribution in [-0.4, -0.2) is 35.0 Å². The third-order valence-corrected chi connectivity index (χ3v) is 4.07. The molecule has 3 N–H and O–H groups in total. The number of carbonyl (C=O) groups excluding carboxylic acids is 1. The van der Waals surface area contributed by atoms with Gasteiger partial charge < -0.3 is 10.6 Å². The molecule has 0 unspecified atom stereocenters. The van der Waals surface area contributed by atoms with Crippen LogP contribution < -0.4 is 11.1 Å². The zero-order valence-electron chi connectivity index (χ0n) is 14.4. The highest BCUT2D eigenvalue weighted by molar-refractivity contribution is 7.80. The highest BCUT2D eigenvalue weighted by atomic mass is 32.1. The van der Waals surface area contributed by atoms with Crippen molar-refractivity contribution in [2.75, 3.05) is 13.1 Å². The Hall–Kier alpha value is -2.49. The molecule has 2 rings (SSSR count). The second-order valence-electron chi connectivity index (χ2n) is 6.01. The van der Waals surface area contributed by atoms with Crippen LogP contribution in [0, 0.1) is 5.82 Å². The van der Waals surface area contributed by atoms with E-state index in [1.807, 2.05) is 0 Å². The van der Waals surface area contributed by atoms with Gasteiger partial charge >= 0.3 is 12.2 Å². The van der Waals surface area contributed by atoms with Crippen molar-refractivity contribution < 1.29 is 22.4 Å². The zero-order chi connectivity index (χ0) is 20.2. The Morgan fingerprint density at radius 2 is 1.96 bits per heavy atom. The van der Waals surface area contributed by atoms with E-state index in [1.165, 1.54) is 17.9 Å². The van der Waals surface area contributed by atoms with Crippen LogP contribution in [0.5, 0.6) is 0 Å². The molecule has 5 nitrogen and oxygen atoms in total. The van der Waals surface area contributed by atoms with E-state index in [2.05, 4.69) is 10.3 Å². The Morgan fingerprint density at radius 3 is 2.48 bits per heavy atom. The molecule has 27 heavy (non-hydrogen) atoms. The third kappa shape index (κ3) is 6.02. The van der Waals surface area contributed by atoms with Gasteiger partial charge in [-0.3, -0.25) is 5.32 Å². The van der Waals surface area contributed by atoms with Gasteiger partial charge in [0.05, 0.1) is 11.4 Å². The summed E-state index contributed by atoms with van der Waals surface area (Å²) >= 11 is 4.88. The lowest BCUT2D eigenvalue weighted by Crippen LogP contribution is -2.44. The minimum absolute atomic E-state index is 0.0341. The lowest BCUT2D eigenvalue weighted by molar-refractivity contribution is -0.137. The van der Waals surface area contributed by atoms with Crippen molar-refractivity contribution in [2.24, 2.45) is 10.7 Å². The number of hydrogen-bond acceptors (Lipinski definition) is 2. The molecule has 10 heteroatoms. The van der Waals surface area contributed by atoms with Crippen molar-refractivity contribution in [1.82, 2.24) is 10.2 Å². The first-order valence-corrected chi connectivity index (χ1v) is 8.44. The molecule has 146 valence electrons. The summed E-state index contributed by atoms with van der Waals surface area (Å²) in [6.45, 7) is 2.28. The standard InChI is InChI=1S/C17H18F4N4OS/c1-10(22)23-15(27)24-16(26)25-6-4-11(5-7-25)8-12-2-3-13(9-14(12)18)17(19,20)21/h2-3,8-9H,4-7H2,1H3,(H3,22,23,24,26,27). The summed E-state index contributed by atoms with van der Waals surface area (Å²) in [6.07, 6.45) is -2.12. The zero-order valence-corrected chi connectivity index (χ0v) is 15.3. The summed E-state index contributed by atoms with van der Waals surface area (Å²) in [7, 11) is 0. The predicted octanol–water partition coefficient (Wildman–Crippen LogP) is 3.70. The van der Waals surface area contributed by atoms with Gasteiger partial charge in [-0.2, -0.15) is 13.2 Å². The number of likely N-dealkylation sites (tertiary alicyclic amines) is 1. The third-order valence-electron chi connectivity index (χ3n) is 3.87. The molecule has 1 aromatic carbocycles. The van der Waals surface area contributed by atoms with Crippen molar-refractivity contribution in [3.63, 3.8) is 0 Å². The lowest BCUT2D eigenvalue weighted by atomic mass is 10.00. The minimum Gasteiger partial charge on any atom is -0.387 e. The number of nitrogens with two attached hydrogens (primary N) is 1. The van der Waals surface area contributed by atoms with E-state index in [0.29, 0.717) is 32.0 Å². The number of nitrogens with one attached hydrogen (secondary N) is 1. The number of carbonyl (C=O) groups is 1. The summed E-state index contributed by atoms with van der Waals surface area (Å²) in [5, 5.41) is 2.41. The van der Waals surface area contributed by atoms with Gasteiger partial charge in [-0.15, -0.1) is 0 Å². The Kier molecular flexibility index (Phi) is 6.53. The summed E-state index contributed by atoms with van der Waals surface area (Å²) < 4.78 is 51.7. The number of thiocarbonyl (C=S) groups is 1. The summed E-state index contributed by atoms with van der Waals surface area (Å²) in [4.78, 5) is 17.3. The van der Waals surface area contributed by atoms with Gasteiger partial charge in [-0.25, -0.2) is 14.2 Å². The largest absolute Gasteiger partial charge is 0.416 e. The fourth-order valence-electron chi connectivity index (χ4n) is 2.54. The number of urea groups is 1. The number of nitrogens with zero attached hydrogens (tertiary/aromatic N) is 2. The van der Waals surface area contributed by atoms with Crippen molar-refractivity contribution in [1.29, 1.82) is 0 Å². The molecule has 0 spiro atoms. The van der Waals surface area contributed by atoms with Gasteiger partial charge in [0.25, 0.3) is 0 Å². The molecule has 2 amide bonds. The summed E-state index contributed by atoms with van der Waals surface area (Å²) in [6, 6.07) is 2.02. The van der Waals surface area contributed by atoms with Gasteiger partial charge in [0.15, 0.2) is 0 Å². The first-order chi connectivity index (χ1) is 12.6. The molecule has 1 aliphatic rings. The van der Waals surface area contributed by atoms with Crippen molar-refractivity contribution >= 4 is 35.3 Å². The Morgan fingerprint density at radius 1 is 1.33 bits per heavy atom. The minimum atomic E-state index is -4.59. The fourth-order valence-corrected chi connectivity index (χ4v) is 2.77. The molecule has 1 fully saturated rings. The van der Waals surface area contributed by atoms with Crippen LogP contribution >= 0.6 is 12.2 Å². The molecular formula is C17H18F4N4OS. The Labute approximate surface area is 158 Å². The van der Waals surface area contributed by atoms with Gasteiger partial charge in [-0.05, 0) is 44.1 Å². The normalized spacial score (nSPS) is 15.5. The molecule has 0 atom stereocenters. The average molecular weight is 402 g/mol. The molecule has 1 heterocycles. The van der Waals surface area contributed by atoms with E-state index in [1.54, 1.807) is 0 Å². The highest BCUT2D eigenvalue weighted by Crippen LogP contribution is 2.31. The lowest BCUT2D eigenvalue weighted by Gasteiger charge is -2.28. The van der Waals surface area contributed by atoms with Crippen molar-refractivity contribution in [3.05, 3.63) is 40.7 Å². The van der Waals surface area contributed by atoms with E-state index < -0.39 is 23.6 Å². The van der Waals surface area contributed by atoms with E-state index >= 15 is 0 Å². The molecule has 0 radical (unpaired) electrons. The molecule has 1 aromatic rings. The van der Waals surface area contributed by atoms with Crippen molar-refractivity contribution in [2.45, 2.75) is 25.9 Å². The molecule has 0 aliphatic carbocycles. The maximum Gasteiger partial charge on any atom is 0.416 e. The molecule has 0 aromatic heterocycles. The fraction of sp³-hybridized carbons (Fsp3) is 0.353. The second-order valence-corrected chi connectivity index (χ2v) is 6.40. The van der Waals surface area contributed by atoms with Crippen LogP contribution in [0.2, 0.25) is 0 Å². The van der Waals surface area contributed by atoms with Crippen LogP contribution in [0.25, 0.3) is 6.08 Å². The van der Waals surface area contributed by atoms with Gasteiger partial charge in [0.1, 0.15) is 5.82 Å². The van der Waals surface area contributed by atoms with Gasteiger partial charge in [0, 0.05) is 18.7 Å². The van der Waals surface area contributed by atoms with E-state index in [0.717, 1.165) is 17.7 Å². The maximum atomic E-state index is 13.9. The van der Waals surface area contributed by atoms with Crippen LogP contribution in [0.4, 0.5) is 22.4 Å². The second kappa shape index (κ2) is 8.47. The molecule has 0 saturated carbocycles. The van der Waals surface area contributed by atoms with E-state index in [4.69, 9.17) is 18.0 Å². The number of amidine groups is 1. The predicted molar refractivity (Wildman–Crippen MR) is 98.6 cm³/mol. The smallest absolute Gasteiger partial charge is 0.387 e. The molecule has 0 bridgehead atoms. The number of amides is 2. The first-order valence-electron chi connectivity index (χ1n) is 8.03. The van der Waals surface area contributed by atoms with E-state index in [9.17, 15) is 22.4 Å². The monoisotopic (exact) mass is 402 g/mol. The van der Waals surface area contributed by atoms with Gasteiger partial charge in [-0.1, -0.05) is 17.7 Å². The summed E-state index contributed by atoms with van der Waals surface area (Å²) in [5.41, 5.74) is 5.29. The summed E-state index contributed by atoms with van der Waals surface area (Å²) in [5.74, 6) is -0.708. The number of rotatable bonds is 1. The molecule has 1 saturated heterocycles. The van der Waals surface area contributed by atoms with Crippen LogP contribution in [0.15, 0.2) is 28.8 Å². The quantitative estimate of drug-likeness (QED) is 0.326. The van der Waals surface area contributed by atoms with E-state index in [-0.39, 0.29) is 16.5 Å². The van der Waals surface area contributed by atoms with Crippen LogP contribution in [-0.2, 0) is 6.18 Å². The van der Waals surface area contributed by atoms with Crippen LogP contribution in [0.1, 0.15) is 30.9 Å². The SMILES string of the molecule is C/C(N)=N/C(=S)NC(=O)N1CCC(=Cc2ccc(C(F)(F)F)cc2F)CC1. The number of aliphatic imine (C=N–C) groups is 1. The number of halogens is 4.